The Morgan fingerprint density at radius 2 is 0.643 bits per heavy atom. The Balaban J connectivity index is 1.12. The molecule has 0 atom stereocenters. The highest BCUT2D eigenvalue weighted by atomic mass is 16.3. The van der Waals surface area contributed by atoms with Gasteiger partial charge in [-0.3, -0.25) is 0 Å². The van der Waals surface area contributed by atoms with Crippen LogP contribution in [0.15, 0.2) is 158 Å². The first-order valence-corrected chi connectivity index (χ1v) is 19.1. The van der Waals surface area contributed by atoms with E-state index in [1.807, 2.05) is 21.8 Å². The van der Waals surface area contributed by atoms with Gasteiger partial charge >= 0.3 is 0 Å². The zero-order chi connectivity index (χ0) is 37.8. The molecule has 11 rings (SSSR count). The lowest BCUT2D eigenvalue weighted by molar-refractivity contribution is 0.463. The van der Waals surface area contributed by atoms with Crippen molar-refractivity contribution in [1.82, 2.24) is 13.7 Å². The summed E-state index contributed by atoms with van der Waals surface area (Å²) in [6.45, 7) is 0. The highest BCUT2D eigenvalue weighted by Gasteiger charge is 2.22. The smallest absolute Gasteiger partial charge is 0.149 e. The van der Waals surface area contributed by atoms with Crippen LogP contribution in [-0.2, 0) is 0 Å². The van der Waals surface area contributed by atoms with Gasteiger partial charge in [-0.15, -0.1) is 0 Å². The lowest BCUT2D eigenvalue weighted by Crippen LogP contribution is -2.31. The second kappa shape index (κ2) is 12.0. The second-order valence-corrected chi connectivity index (χ2v) is 14.9. The van der Waals surface area contributed by atoms with Crippen molar-refractivity contribution >= 4 is 105 Å². The number of hydrogen-bond acceptors (Lipinski definition) is 2. The first-order chi connectivity index (χ1) is 27.4. The summed E-state index contributed by atoms with van der Waals surface area (Å²) < 4.78 is 7.01. The van der Waals surface area contributed by atoms with Gasteiger partial charge in [0.1, 0.15) is 35.0 Å². The topological polar surface area (TPSA) is 55.2 Å². The molecule has 5 nitrogen and oxygen atoms in total. The van der Waals surface area contributed by atoms with E-state index in [0.29, 0.717) is 5.46 Å². The van der Waals surface area contributed by atoms with Gasteiger partial charge in [-0.1, -0.05) is 97.1 Å². The minimum absolute atomic E-state index is 0.121. The quantitative estimate of drug-likeness (QED) is 0.196. The van der Waals surface area contributed by atoms with E-state index in [1.165, 1.54) is 32.6 Å². The fraction of sp³-hybridized carbons (Fsp3) is 0. The van der Waals surface area contributed by atoms with Crippen molar-refractivity contribution in [3.63, 3.8) is 0 Å². The standard InChI is InChI=1S/C48H34B3N3O2/c49-43-46(44(50)48(56)45(51)47(43)55)54-38-18-8-4-14-32(38)34-26-28(22-24-40(34)54)27-21-23-39-33(25-27)31-13-3-7-17-37(31)53(39)42-20-10-9-19-41(42)52-35-15-5-1-11-29(35)30-12-2-6-16-36(30)52/h1-26,55-56H,49-51H2. The molecule has 0 spiro atoms. The number of aromatic nitrogens is 3. The molecule has 8 heteroatoms. The van der Waals surface area contributed by atoms with E-state index < -0.39 is 0 Å². The van der Waals surface area contributed by atoms with Crippen molar-refractivity contribution in [3.8, 4) is 39.7 Å². The van der Waals surface area contributed by atoms with Crippen LogP contribution in [0.5, 0.6) is 11.5 Å². The van der Waals surface area contributed by atoms with E-state index in [0.717, 1.165) is 72.0 Å². The molecule has 0 saturated heterocycles. The summed E-state index contributed by atoms with van der Waals surface area (Å²) in [4.78, 5) is 0. The minimum Gasteiger partial charge on any atom is -0.509 e. The van der Waals surface area contributed by atoms with Crippen LogP contribution in [0, 0.1) is 0 Å². The summed E-state index contributed by atoms with van der Waals surface area (Å²) in [6, 6.07) is 56.7. The van der Waals surface area contributed by atoms with Crippen molar-refractivity contribution in [2.45, 2.75) is 0 Å². The monoisotopic (exact) mass is 717 g/mol. The molecule has 0 aliphatic rings. The van der Waals surface area contributed by atoms with Gasteiger partial charge in [-0.2, -0.15) is 0 Å². The van der Waals surface area contributed by atoms with Crippen LogP contribution in [0.25, 0.3) is 93.6 Å². The largest absolute Gasteiger partial charge is 0.509 e. The molecule has 0 aliphatic heterocycles. The van der Waals surface area contributed by atoms with E-state index >= 15 is 0 Å². The molecule has 0 radical (unpaired) electrons. The number of para-hydroxylation sites is 6. The van der Waals surface area contributed by atoms with E-state index in [2.05, 4.69) is 165 Å². The number of phenolic OH excluding ortho intramolecular Hbond substituents is 2. The SMILES string of the molecule is Bc1c(O)c(B)c(-n2c3ccccc3c3cc(-c4ccc5c(c4)c4ccccc4n5-c4ccccc4-n4c5ccccc5c5ccccc54)ccc32)c(B)c1O. The number of aromatic hydroxyl groups is 2. The summed E-state index contributed by atoms with van der Waals surface area (Å²) in [7, 11) is 5.60. The summed E-state index contributed by atoms with van der Waals surface area (Å²) in [5, 5.41) is 29.2. The molecule has 3 heterocycles. The Morgan fingerprint density at radius 1 is 0.321 bits per heavy atom. The normalized spacial score (nSPS) is 11.9. The third kappa shape index (κ3) is 4.41. The number of nitrogens with zero attached hydrogens (tertiary/aromatic N) is 3. The number of hydrogen-bond donors (Lipinski definition) is 2. The molecule has 0 amide bonds. The maximum absolute atomic E-state index is 11.0. The molecule has 3 aromatic heterocycles. The first-order valence-electron chi connectivity index (χ1n) is 19.1. The van der Waals surface area contributed by atoms with Gasteiger partial charge in [-0.25, -0.2) is 0 Å². The van der Waals surface area contributed by atoms with Crippen LogP contribution < -0.4 is 16.4 Å². The van der Waals surface area contributed by atoms with Gasteiger partial charge in [0.05, 0.1) is 44.5 Å². The van der Waals surface area contributed by atoms with Crippen LogP contribution in [0.2, 0.25) is 0 Å². The average Bonchev–Trinajstić information content (AvgIpc) is 3.88. The summed E-state index contributed by atoms with van der Waals surface area (Å²) in [6.07, 6.45) is 0. The van der Waals surface area contributed by atoms with Gasteiger partial charge in [0.25, 0.3) is 0 Å². The van der Waals surface area contributed by atoms with Crippen molar-refractivity contribution < 1.29 is 10.2 Å². The zero-order valence-corrected chi connectivity index (χ0v) is 31.2. The van der Waals surface area contributed by atoms with Crippen LogP contribution in [0.4, 0.5) is 0 Å². The molecule has 0 saturated carbocycles. The van der Waals surface area contributed by atoms with Crippen molar-refractivity contribution in [1.29, 1.82) is 0 Å². The Labute approximate surface area is 325 Å². The molecule has 0 fully saturated rings. The molecule has 56 heavy (non-hydrogen) atoms. The molecular formula is C48H34B3N3O2. The Kier molecular flexibility index (Phi) is 6.93. The van der Waals surface area contributed by atoms with Crippen molar-refractivity contribution in [2.75, 3.05) is 0 Å². The highest BCUT2D eigenvalue weighted by molar-refractivity contribution is 6.51. The lowest BCUT2D eigenvalue weighted by Gasteiger charge is -2.19. The molecule has 11 aromatic rings. The van der Waals surface area contributed by atoms with Gasteiger partial charge < -0.3 is 23.9 Å². The maximum atomic E-state index is 11.0. The van der Waals surface area contributed by atoms with Gasteiger partial charge in [0.15, 0.2) is 0 Å². The number of rotatable bonds is 4. The molecular weight excluding hydrogens is 683 g/mol. The Hall–Kier alpha value is -7.05. The summed E-state index contributed by atoms with van der Waals surface area (Å²) in [5.41, 5.74) is 14.0. The third-order valence-electron chi connectivity index (χ3n) is 12.0. The molecule has 262 valence electrons. The van der Waals surface area contributed by atoms with E-state index in [9.17, 15) is 10.2 Å². The molecule has 0 bridgehead atoms. The Morgan fingerprint density at radius 3 is 1.07 bits per heavy atom. The summed E-state index contributed by atoms with van der Waals surface area (Å²) >= 11 is 0. The molecule has 0 unspecified atom stereocenters. The second-order valence-electron chi connectivity index (χ2n) is 14.9. The first kappa shape index (κ1) is 32.4. The van der Waals surface area contributed by atoms with E-state index in [4.69, 9.17) is 0 Å². The number of fused-ring (bicyclic) bond motifs is 9. The van der Waals surface area contributed by atoms with Gasteiger partial charge in [0, 0.05) is 38.0 Å². The van der Waals surface area contributed by atoms with Crippen molar-refractivity contribution in [2.24, 2.45) is 0 Å². The molecule has 2 N–H and O–H groups in total. The third-order valence-corrected chi connectivity index (χ3v) is 12.0. The maximum Gasteiger partial charge on any atom is 0.149 e. The van der Waals surface area contributed by atoms with Crippen LogP contribution in [0.3, 0.4) is 0 Å². The fourth-order valence-corrected chi connectivity index (χ4v) is 9.35. The van der Waals surface area contributed by atoms with E-state index in [-0.39, 0.29) is 11.5 Å². The summed E-state index contributed by atoms with van der Waals surface area (Å²) in [5.74, 6) is 0.242. The average molecular weight is 717 g/mol. The predicted octanol–water partition coefficient (Wildman–Crippen LogP) is 6.83. The van der Waals surface area contributed by atoms with Gasteiger partial charge in [0.2, 0.25) is 0 Å². The van der Waals surface area contributed by atoms with Crippen LogP contribution in [-0.4, -0.2) is 47.5 Å². The van der Waals surface area contributed by atoms with Crippen LogP contribution >= 0.6 is 0 Å². The molecule has 0 aliphatic carbocycles. The zero-order valence-electron chi connectivity index (χ0n) is 31.2. The van der Waals surface area contributed by atoms with Crippen LogP contribution in [0.1, 0.15) is 0 Å². The number of phenols is 2. The van der Waals surface area contributed by atoms with Crippen molar-refractivity contribution in [3.05, 3.63) is 158 Å². The lowest BCUT2D eigenvalue weighted by atomic mass is 9.76. The van der Waals surface area contributed by atoms with E-state index in [1.54, 1.807) is 7.85 Å². The highest BCUT2D eigenvalue weighted by Crippen LogP contribution is 2.40. The van der Waals surface area contributed by atoms with Gasteiger partial charge in [-0.05, 0) is 88.2 Å². The predicted molar refractivity (Wildman–Crippen MR) is 243 cm³/mol. The number of benzene rings is 8. The molecule has 8 aromatic carbocycles. The minimum atomic E-state index is 0.121. The fourth-order valence-electron chi connectivity index (χ4n) is 9.35. The Bertz CT molecular complexity index is 3370.